The van der Waals surface area contributed by atoms with Crippen LogP contribution in [0.15, 0.2) is 11.8 Å². The zero-order valence-electron chi connectivity index (χ0n) is 10.4. The Morgan fingerprint density at radius 1 is 1.38 bits per heavy atom. The quantitative estimate of drug-likeness (QED) is 0.311. The van der Waals surface area contributed by atoms with E-state index < -0.39 is 18.0 Å². The zero-order chi connectivity index (χ0) is 12.0. The van der Waals surface area contributed by atoms with Crippen LogP contribution >= 0.6 is 0 Å². The van der Waals surface area contributed by atoms with Crippen LogP contribution in [0.3, 0.4) is 0 Å². The number of allylic oxidation sites excluding steroid dienone is 1. The first kappa shape index (κ1) is 18.5. The van der Waals surface area contributed by atoms with Gasteiger partial charge in [0.05, 0.1) is 19.1 Å². The van der Waals surface area contributed by atoms with Crippen molar-refractivity contribution in [3.05, 3.63) is 11.8 Å². The summed E-state index contributed by atoms with van der Waals surface area (Å²) in [5.74, 6) is -1.85. The Kier molecular flexibility index (Phi) is 10.6. The Labute approximate surface area is 138 Å². The first-order valence-corrected chi connectivity index (χ1v) is 4.62. The fourth-order valence-corrected chi connectivity index (χ4v) is 1.02. The van der Waals surface area contributed by atoms with Gasteiger partial charge in [0.2, 0.25) is 0 Å². The van der Waals surface area contributed by atoms with E-state index in [1.165, 1.54) is 13.2 Å². The van der Waals surface area contributed by atoms with Crippen molar-refractivity contribution >= 4 is 11.9 Å². The van der Waals surface area contributed by atoms with Gasteiger partial charge in [0, 0.05) is 11.8 Å². The van der Waals surface area contributed by atoms with E-state index in [-0.39, 0.29) is 57.3 Å². The predicted molar refractivity (Wildman–Crippen MR) is 52.5 cm³/mol. The van der Waals surface area contributed by atoms with Crippen molar-refractivity contribution in [2.24, 2.45) is 5.92 Å². The number of esters is 1. The van der Waals surface area contributed by atoms with E-state index in [1.807, 2.05) is 0 Å². The van der Waals surface area contributed by atoms with Crippen LogP contribution in [0.25, 0.3) is 0 Å². The number of hydrogen-bond donors (Lipinski definition) is 1. The molecule has 1 atom stereocenters. The normalized spacial score (nSPS) is 12.7. The molecule has 0 aliphatic heterocycles. The number of carbonyl (C=O) groups excluding carboxylic acids is 2. The van der Waals surface area contributed by atoms with Crippen LogP contribution in [-0.4, -0.2) is 25.1 Å². The van der Waals surface area contributed by atoms with Gasteiger partial charge in [-0.1, -0.05) is 13.8 Å². The van der Waals surface area contributed by atoms with Crippen LogP contribution in [0.2, 0.25) is 0 Å². The molecule has 0 aromatic heterocycles. The van der Waals surface area contributed by atoms with Gasteiger partial charge in [-0.3, -0.25) is 0 Å². The average molecular weight is 253 g/mol. The number of hydrogen-bond acceptors (Lipinski definition) is 5. The third-order valence-corrected chi connectivity index (χ3v) is 1.84. The Bertz CT molecular complexity index is 276. The number of carbonyl (C=O) groups is 2. The minimum absolute atomic E-state index is 0. The Balaban J connectivity index is 0. The van der Waals surface area contributed by atoms with Gasteiger partial charge < -0.3 is 20.0 Å². The fourth-order valence-electron chi connectivity index (χ4n) is 1.02. The maximum atomic E-state index is 10.8. The maximum Gasteiger partial charge on any atom is 1.00 e. The van der Waals surface area contributed by atoms with Crippen LogP contribution < -0.4 is 61.8 Å². The van der Waals surface area contributed by atoms with Gasteiger partial charge in [0.1, 0.15) is 0 Å². The van der Waals surface area contributed by atoms with Gasteiger partial charge >= 0.3 is 57.4 Å². The van der Waals surface area contributed by atoms with Crippen LogP contribution in [0.1, 0.15) is 20.8 Å². The van der Waals surface area contributed by atoms with E-state index in [1.54, 1.807) is 20.8 Å². The first-order valence-electron chi connectivity index (χ1n) is 4.62. The van der Waals surface area contributed by atoms with Gasteiger partial charge in [-0.15, -0.1) is 0 Å². The summed E-state index contributed by atoms with van der Waals surface area (Å²) in [6.07, 6.45) is 1.19. The van der Waals surface area contributed by atoms with Crippen molar-refractivity contribution in [3.8, 4) is 0 Å². The molecule has 0 aromatic carbocycles. The zero-order valence-corrected chi connectivity index (χ0v) is 13.5. The summed E-state index contributed by atoms with van der Waals surface area (Å²) in [6, 6.07) is -0.814. The minimum atomic E-state index is -1.19. The summed E-state index contributed by atoms with van der Waals surface area (Å²) in [5.41, 5.74) is 0.435. The second kappa shape index (κ2) is 9.18. The van der Waals surface area contributed by atoms with E-state index in [2.05, 4.69) is 10.1 Å². The molecule has 0 spiro atoms. The molecule has 6 heteroatoms. The van der Waals surface area contributed by atoms with E-state index in [0.29, 0.717) is 5.70 Å². The molecule has 0 rings (SSSR count). The number of carboxylic acids is 1. The van der Waals surface area contributed by atoms with Crippen molar-refractivity contribution in [3.63, 3.8) is 0 Å². The van der Waals surface area contributed by atoms with Gasteiger partial charge in [0.15, 0.2) is 0 Å². The van der Waals surface area contributed by atoms with Gasteiger partial charge in [-0.05, 0) is 12.8 Å². The molecule has 86 valence electrons. The first-order chi connectivity index (χ1) is 6.88. The molecule has 0 aliphatic rings. The third kappa shape index (κ3) is 7.40. The van der Waals surface area contributed by atoms with Crippen LogP contribution in [0.4, 0.5) is 0 Å². The molecule has 0 aromatic rings. The smallest absolute Gasteiger partial charge is 0.548 e. The summed E-state index contributed by atoms with van der Waals surface area (Å²) < 4.78 is 4.41. The molecule has 0 saturated carbocycles. The van der Waals surface area contributed by atoms with Crippen LogP contribution in [0, 0.1) is 5.92 Å². The number of carboxylic acid groups (broad SMARTS) is 1. The molecule has 0 fully saturated rings. The van der Waals surface area contributed by atoms with E-state index >= 15 is 0 Å². The number of methoxy groups -OCH3 is 1. The van der Waals surface area contributed by atoms with Crippen LogP contribution in [0.5, 0.6) is 0 Å². The fraction of sp³-hybridized carbons (Fsp3) is 0.600. The summed E-state index contributed by atoms with van der Waals surface area (Å²) in [5, 5.41) is 13.4. The summed E-state index contributed by atoms with van der Waals surface area (Å²) >= 11 is 0. The predicted octanol–water partition coefficient (Wildman–Crippen LogP) is -3.57. The molecule has 0 aliphatic carbocycles. The molecule has 0 saturated heterocycles. The van der Waals surface area contributed by atoms with E-state index in [0.717, 1.165) is 0 Å². The van der Waals surface area contributed by atoms with E-state index in [4.69, 9.17) is 0 Å². The minimum Gasteiger partial charge on any atom is -0.548 e. The van der Waals surface area contributed by atoms with Gasteiger partial charge in [0.25, 0.3) is 0 Å². The standard InChI is InChI=1S/C10H17NO4.K/c1-6(2)9(10(13)14)11-7(3)5-8(12)15-4;/h5-6,9,11H,1-4H3,(H,13,14);/q;+1/p-1. The molecule has 1 N–H and O–H groups in total. The van der Waals surface area contributed by atoms with Crippen molar-refractivity contribution in [1.82, 2.24) is 5.32 Å². The molecular formula is C10H16KNO4. The Morgan fingerprint density at radius 3 is 2.19 bits per heavy atom. The Morgan fingerprint density at radius 2 is 1.88 bits per heavy atom. The number of nitrogens with one attached hydrogen (secondary N) is 1. The van der Waals surface area contributed by atoms with E-state index in [9.17, 15) is 14.7 Å². The monoisotopic (exact) mass is 253 g/mol. The molecule has 0 amide bonds. The molecule has 0 heterocycles. The molecular weight excluding hydrogens is 237 g/mol. The topological polar surface area (TPSA) is 78.5 Å². The van der Waals surface area contributed by atoms with Crippen LogP contribution in [-0.2, 0) is 14.3 Å². The van der Waals surface area contributed by atoms with Gasteiger partial charge in [-0.25, -0.2) is 4.79 Å². The molecule has 0 bridgehead atoms. The second-order valence-electron chi connectivity index (χ2n) is 3.54. The summed E-state index contributed by atoms with van der Waals surface area (Å²) in [7, 11) is 1.25. The van der Waals surface area contributed by atoms with Crippen molar-refractivity contribution < 1.29 is 70.8 Å². The molecule has 16 heavy (non-hydrogen) atoms. The Hall–Kier alpha value is 0.116. The average Bonchev–Trinajstić information content (AvgIpc) is 2.12. The maximum absolute atomic E-state index is 10.8. The van der Waals surface area contributed by atoms with Gasteiger partial charge in [-0.2, -0.15) is 0 Å². The largest absolute Gasteiger partial charge is 1.00 e. The van der Waals surface area contributed by atoms with Crippen molar-refractivity contribution in [2.75, 3.05) is 7.11 Å². The molecule has 0 radical (unpaired) electrons. The third-order valence-electron chi connectivity index (χ3n) is 1.84. The molecule has 5 nitrogen and oxygen atoms in total. The number of rotatable bonds is 5. The second-order valence-corrected chi connectivity index (χ2v) is 3.54. The molecule has 1 unspecified atom stereocenters. The number of aliphatic carboxylic acids is 1. The summed E-state index contributed by atoms with van der Waals surface area (Å²) in [6.45, 7) is 5.09. The SMILES string of the molecule is COC(=O)C=C(C)NC(C(=O)[O-])C(C)C.[K+]. The number of ether oxygens (including phenoxy) is 1. The van der Waals surface area contributed by atoms with Crippen molar-refractivity contribution in [2.45, 2.75) is 26.8 Å². The van der Waals surface area contributed by atoms with Crippen molar-refractivity contribution in [1.29, 1.82) is 0 Å². The summed E-state index contributed by atoms with van der Waals surface area (Å²) in [4.78, 5) is 21.6.